The molecule has 1 saturated carbocycles. The first-order chi connectivity index (χ1) is 11.7. The maximum atomic E-state index is 12.9. The molecule has 0 N–H and O–H groups in total. The first-order valence-electron chi connectivity index (χ1n) is 8.16. The summed E-state index contributed by atoms with van der Waals surface area (Å²) in [4.78, 5) is 15.0. The molecule has 0 spiro atoms. The first-order valence-corrected chi connectivity index (χ1v) is 8.16. The zero-order valence-electron chi connectivity index (χ0n) is 13.2. The second-order valence-corrected chi connectivity index (χ2v) is 6.32. The quantitative estimate of drug-likeness (QED) is 0.645. The Balaban J connectivity index is 1.68. The molecular weight excluding hydrogens is 305 g/mol. The van der Waals surface area contributed by atoms with Crippen molar-refractivity contribution in [2.75, 3.05) is 0 Å². The van der Waals surface area contributed by atoms with Gasteiger partial charge in [0.2, 0.25) is 5.95 Å². The second kappa shape index (κ2) is 6.07. The van der Waals surface area contributed by atoms with Gasteiger partial charge in [-0.3, -0.25) is 4.79 Å². The van der Waals surface area contributed by atoms with E-state index in [1.54, 1.807) is 4.57 Å². The number of carbonyl (C=O) groups is 1. The Bertz CT molecular complexity index is 918. The number of imidazole rings is 1. The van der Waals surface area contributed by atoms with Crippen molar-refractivity contribution >= 4 is 23.3 Å². The van der Waals surface area contributed by atoms with E-state index in [0.717, 1.165) is 35.0 Å². The molecule has 3 aromatic rings. The lowest BCUT2D eigenvalue weighted by Crippen LogP contribution is -2.04. The van der Waals surface area contributed by atoms with Gasteiger partial charge < -0.3 is 9.13 Å². The van der Waals surface area contributed by atoms with Gasteiger partial charge in [0, 0.05) is 18.5 Å². The summed E-state index contributed by atoms with van der Waals surface area (Å²) in [6, 6.07) is 8.03. The number of hydrogen-bond acceptors (Lipinski definition) is 2. The standard InChI is InChI=1S/C19H18FN3O/c20-18-11-22(13-21-18)8-2-5-15-3-1-4-16-9-17(12-24)23(19(15)16)10-14-6-7-14/h1-5,9,11-14H,6-8,10H2/b5-2+. The molecule has 0 amide bonds. The van der Waals surface area contributed by atoms with E-state index in [9.17, 15) is 9.18 Å². The van der Waals surface area contributed by atoms with Crippen LogP contribution in [0.2, 0.25) is 0 Å². The lowest BCUT2D eigenvalue weighted by Gasteiger charge is -2.09. The van der Waals surface area contributed by atoms with Crippen LogP contribution in [0.3, 0.4) is 0 Å². The summed E-state index contributed by atoms with van der Waals surface area (Å²) >= 11 is 0. The summed E-state index contributed by atoms with van der Waals surface area (Å²) in [5.41, 5.74) is 2.90. The SMILES string of the molecule is O=Cc1cc2cccc(/C=C/Cn3cnc(F)c3)c2n1CC1CC1. The molecular formula is C19H18FN3O. The fourth-order valence-corrected chi connectivity index (χ4v) is 3.10. The second-order valence-electron chi connectivity index (χ2n) is 6.32. The average Bonchev–Trinajstić information content (AvgIpc) is 3.19. The van der Waals surface area contributed by atoms with E-state index < -0.39 is 5.95 Å². The lowest BCUT2D eigenvalue weighted by molar-refractivity contribution is 0.111. The fraction of sp³-hybridized carbons (Fsp3) is 0.263. The minimum absolute atomic E-state index is 0.473. The van der Waals surface area contributed by atoms with Gasteiger partial charge in [0.1, 0.15) is 0 Å². The molecule has 24 heavy (non-hydrogen) atoms. The molecule has 1 aliphatic carbocycles. The Morgan fingerprint density at radius 3 is 2.92 bits per heavy atom. The van der Waals surface area contributed by atoms with Crippen molar-refractivity contribution in [1.82, 2.24) is 14.1 Å². The van der Waals surface area contributed by atoms with E-state index in [0.29, 0.717) is 12.5 Å². The van der Waals surface area contributed by atoms with Crippen molar-refractivity contribution in [3.8, 4) is 0 Å². The highest BCUT2D eigenvalue weighted by atomic mass is 19.1. The monoisotopic (exact) mass is 323 g/mol. The molecule has 1 fully saturated rings. The third-order valence-corrected chi connectivity index (χ3v) is 4.46. The number of allylic oxidation sites excluding steroid dienone is 1. The van der Waals surface area contributed by atoms with Crippen LogP contribution in [0.25, 0.3) is 17.0 Å². The Morgan fingerprint density at radius 2 is 2.21 bits per heavy atom. The van der Waals surface area contributed by atoms with E-state index in [1.807, 2.05) is 36.4 Å². The van der Waals surface area contributed by atoms with E-state index in [1.165, 1.54) is 25.4 Å². The smallest absolute Gasteiger partial charge is 0.230 e. The third-order valence-electron chi connectivity index (χ3n) is 4.46. The third kappa shape index (κ3) is 2.89. The van der Waals surface area contributed by atoms with Crippen LogP contribution in [0.1, 0.15) is 28.9 Å². The van der Waals surface area contributed by atoms with Crippen LogP contribution in [0, 0.1) is 11.9 Å². The maximum Gasteiger partial charge on any atom is 0.230 e. The van der Waals surface area contributed by atoms with Crippen LogP contribution in [-0.2, 0) is 13.1 Å². The van der Waals surface area contributed by atoms with Gasteiger partial charge in [-0.2, -0.15) is 4.39 Å². The summed E-state index contributed by atoms with van der Waals surface area (Å²) in [6.45, 7) is 1.45. The highest BCUT2D eigenvalue weighted by molar-refractivity contribution is 5.94. The summed E-state index contributed by atoms with van der Waals surface area (Å²) in [5, 5.41) is 1.08. The molecule has 0 bridgehead atoms. The molecule has 5 heteroatoms. The van der Waals surface area contributed by atoms with Gasteiger partial charge in [0.05, 0.1) is 23.7 Å². The first kappa shape index (κ1) is 14.9. The molecule has 4 rings (SSSR count). The average molecular weight is 323 g/mol. The largest absolute Gasteiger partial charge is 0.338 e. The number of aldehydes is 1. The van der Waals surface area contributed by atoms with Gasteiger partial charge >= 0.3 is 0 Å². The molecule has 0 saturated heterocycles. The van der Waals surface area contributed by atoms with Gasteiger partial charge in [0.15, 0.2) is 6.29 Å². The van der Waals surface area contributed by atoms with Crippen LogP contribution in [0.15, 0.2) is 42.9 Å². The number of halogens is 1. The molecule has 0 aliphatic heterocycles. The molecule has 0 atom stereocenters. The maximum absolute atomic E-state index is 12.9. The van der Waals surface area contributed by atoms with Crippen molar-refractivity contribution in [2.24, 2.45) is 5.92 Å². The summed E-state index contributed by atoms with van der Waals surface area (Å²) in [7, 11) is 0. The van der Waals surface area contributed by atoms with Crippen molar-refractivity contribution in [3.05, 3.63) is 60.1 Å². The van der Waals surface area contributed by atoms with Crippen LogP contribution in [0.4, 0.5) is 4.39 Å². The number of hydrogen-bond donors (Lipinski definition) is 0. The van der Waals surface area contributed by atoms with Crippen molar-refractivity contribution < 1.29 is 9.18 Å². The van der Waals surface area contributed by atoms with Crippen LogP contribution < -0.4 is 0 Å². The number of benzene rings is 1. The predicted octanol–water partition coefficient (Wildman–Crippen LogP) is 3.91. The number of fused-ring (bicyclic) bond motifs is 1. The zero-order valence-corrected chi connectivity index (χ0v) is 13.2. The van der Waals surface area contributed by atoms with Crippen LogP contribution in [-0.4, -0.2) is 20.4 Å². The molecule has 122 valence electrons. The van der Waals surface area contributed by atoms with Gasteiger partial charge in [0.25, 0.3) is 0 Å². The minimum Gasteiger partial charge on any atom is -0.338 e. The molecule has 1 aromatic carbocycles. The zero-order chi connectivity index (χ0) is 16.5. The Kier molecular flexibility index (Phi) is 3.76. The van der Waals surface area contributed by atoms with Crippen molar-refractivity contribution in [1.29, 1.82) is 0 Å². The molecule has 1 aliphatic rings. The van der Waals surface area contributed by atoms with E-state index in [4.69, 9.17) is 0 Å². The molecule has 4 nitrogen and oxygen atoms in total. The summed E-state index contributed by atoms with van der Waals surface area (Å²) in [6.07, 6.45) is 10.3. The van der Waals surface area contributed by atoms with Crippen molar-refractivity contribution in [3.63, 3.8) is 0 Å². The number of para-hydroxylation sites is 1. The van der Waals surface area contributed by atoms with E-state index >= 15 is 0 Å². The molecule has 2 aromatic heterocycles. The minimum atomic E-state index is -0.473. The van der Waals surface area contributed by atoms with Gasteiger partial charge in [-0.05, 0) is 30.4 Å². The Hall–Kier alpha value is -2.69. The van der Waals surface area contributed by atoms with E-state index in [-0.39, 0.29) is 0 Å². The molecule has 0 radical (unpaired) electrons. The fourth-order valence-electron chi connectivity index (χ4n) is 3.10. The van der Waals surface area contributed by atoms with Crippen molar-refractivity contribution in [2.45, 2.75) is 25.9 Å². The molecule has 0 unspecified atom stereocenters. The summed E-state index contributed by atoms with van der Waals surface area (Å²) in [5.74, 6) is 0.213. The number of rotatable bonds is 6. The van der Waals surface area contributed by atoms with Gasteiger partial charge in [-0.15, -0.1) is 0 Å². The normalized spacial score (nSPS) is 14.7. The number of nitrogens with zero attached hydrogens (tertiary/aromatic N) is 3. The lowest BCUT2D eigenvalue weighted by atomic mass is 10.1. The van der Waals surface area contributed by atoms with E-state index in [2.05, 4.69) is 9.55 Å². The Morgan fingerprint density at radius 1 is 1.33 bits per heavy atom. The number of carbonyl (C=O) groups excluding carboxylic acids is 1. The number of aromatic nitrogens is 3. The van der Waals surface area contributed by atoms with Gasteiger partial charge in [-0.25, -0.2) is 4.98 Å². The van der Waals surface area contributed by atoms with Crippen LogP contribution >= 0.6 is 0 Å². The Labute approximate surface area is 139 Å². The highest BCUT2D eigenvalue weighted by Gasteiger charge is 2.24. The topological polar surface area (TPSA) is 39.8 Å². The van der Waals surface area contributed by atoms with Crippen LogP contribution in [0.5, 0.6) is 0 Å². The summed E-state index contributed by atoms with van der Waals surface area (Å²) < 4.78 is 16.7. The predicted molar refractivity (Wildman–Crippen MR) is 91.3 cm³/mol. The highest BCUT2D eigenvalue weighted by Crippen LogP contribution is 2.34. The molecule has 2 heterocycles. The van der Waals surface area contributed by atoms with Gasteiger partial charge in [-0.1, -0.05) is 30.4 Å².